The van der Waals surface area contributed by atoms with Crippen molar-refractivity contribution < 1.29 is 19.1 Å². The molecule has 1 aromatic heterocycles. The van der Waals surface area contributed by atoms with E-state index in [-0.39, 0.29) is 17.9 Å². The zero-order valence-corrected chi connectivity index (χ0v) is 24.5. The highest BCUT2D eigenvalue weighted by atomic mass is 16.6. The van der Waals surface area contributed by atoms with E-state index in [9.17, 15) is 14.9 Å². The van der Waals surface area contributed by atoms with Gasteiger partial charge in [-0.1, -0.05) is 36.4 Å². The lowest BCUT2D eigenvalue weighted by molar-refractivity contribution is -0.131. The van der Waals surface area contributed by atoms with E-state index in [2.05, 4.69) is 21.7 Å². The van der Waals surface area contributed by atoms with Gasteiger partial charge in [-0.25, -0.2) is 9.48 Å². The summed E-state index contributed by atoms with van der Waals surface area (Å²) in [4.78, 5) is 28.0. The van der Waals surface area contributed by atoms with Crippen LogP contribution in [0.3, 0.4) is 0 Å². The highest BCUT2D eigenvalue weighted by molar-refractivity contribution is 5.87. The van der Waals surface area contributed by atoms with Crippen LogP contribution in [-0.4, -0.2) is 62.7 Å². The first-order chi connectivity index (χ1) is 19.5. The van der Waals surface area contributed by atoms with Crippen molar-refractivity contribution in [3.63, 3.8) is 0 Å². The largest absolute Gasteiger partial charge is 0.497 e. The second-order valence-electron chi connectivity index (χ2n) is 11.6. The molecule has 2 heterocycles. The summed E-state index contributed by atoms with van der Waals surface area (Å²) in [6.07, 6.45) is 3.23. The molecule has 1 aliphatic heterocycles. The van der Waals surface area contributed by atoms with Crippen molar-refractivity contribution in [2.45, 2.75) is 77.6 Å². The van der Waals surface area contributed by atoms with Crippen molar-refractivity contribution >= 4 is 12.0 Å². The van der Waals surface area contributed by atoms with Gasteiger partial charge in [0.15, 0.2) is 0 Å². The Morgan fingerprint density at radius 3 is 2.54 bits per heavy atom. The van der Waals surface area contributed by atoms with Gasteiger partial charge in [0.25, 0.3) is 0 Å². The van der Waals surface area contributed by atoms with Gasteiger partial charge < -0.3 is 14.8 Å². The Hall–Kier alpha value is -4.39. The number of piperidine rings is 1. The first kappa shape index (κ1) is 29.6. The molecule has 4 atom stereocenters. The highest BCUT2D eigenvalue weighted by Gasteiger charge is 2.42. The Balaban J connectivity index is 1.43. The number of aromatic nitrogens is 3. The third-order valence-corrected chi connectivity index (χ3v) is 7.20. The fourth-order valence-electron chi connectivity index (χ4n) is 5.05. The van der Waals surface area contributed by atoms with E-state index >= 15 is 0 Å². The number of nitriles is 1. The Morgan fingerprint density at radius 1 is 1.15 bits per heavy atom. The van der Waals surface area contributed by atoms with Crippen LogP contribution in [0.1, 0.15) is 53.0 Å². The number of benzene rings is 2. The number of rotatable bonds is 7. The van der Waals surface area contributed by atoms with E-state index in [1.165, 1.54) is 4.90 Å². The van der Waals surface area contributed by atoms with Crippen molar-refractivity contribution in [2.75, 3.05) is 7.11 Å². The fraction of sp³-hybridized carbons (Fsp3) is 0.452. The molecule has 10 nitrogen and oxygen atoms in total. The molecule has 41 heavy (non-hydrogen) atoms. The number of ether oxygens (including phenoxy) is 2. The van der Waals surface area contributed by atoms with Crippen LogP contribution in [0.2, 0.25) is 0 Å². The van der Waals surface area contributed by atoms with Crippen LogP contribution in [0.5, 0.6) is 5.75 Å². The maximum Gasteiger partial charge on any atom is 0.411 e. The Kier molecular flexibility index (Phi) is 8.96. The van der Waals surface area contributed by atoms with E-state index in [4.69, 9.17) is 9.47 Å². The minimum Gasteiger partial charge on any atom is -0.497 e. The van der Waals surface area contributed by atoms with Gasteiger partial charge in [0.1, 0.15) is 29.1 Å². The zero-order valence-electron chi connectivity index (χ0n) is 24.5. The molecule has 3 aromatic rings. The second-order valence-corrected chi connectivity index (χ2v) is 11.6. The summed E-state index contributed by atoms with van der Waals surface area (Å²) in [7, 11) is 1.62. The summed E-state index contributed by atoms with van der Waals surface area (Å²) in [6, 6.07) is 15.8. The van der Waals surface area contributed by atoms with Gasteiger partial charge in [-0.05, 0) is 76.3 Å². The van der Waals surface area contributed by atoms with Gasteiger partial charge in [0.2, 0.25) is 5.91 Å². The number of hydrogen-bond acceptors (Lipinski definition) is 7. The Morgan fingerprint density at radius 2 is 1.88 bits per heavy atom. The van der Waals surface area contributed by atoms with Gasteiger partial charge in [-0.2, -0.15) is 5.26 Å². The van der Waals surface area contributed by atoms with Crippen LogP contribution in [0, 0.1) is 17.2 Å². The lowest BCUT2D eigenvalue weighted by Crippen LogP contribution is -2.60. The molecule has 1 saturated heterocycles. The average Bonchev–Trinajstić information content (AvgIpc) is 3.43. The smallest absolute Gasteiger partial charge is 0.411 e. The van der Waals surface area contributed by atoms with Gasteiger partial charge >= 0.3 is 6.09 Å². The van der Waals surface area contributed by atoms with Gasteiger partial charge in [-0.15, -0.1) is 5.10 Å². The lowest BCUT2D eigenvalue weighted by Gasteiger charge is -2.43. The number of methoxy groups -OCH3 is 1. The summed E-state index contributed by atoms with van der Waals surface area (Å²) in [6.45, 7) is 9.29. The number of carbonyl (C=O) groups excluding carboxylic acids is 2. The first-order valence-corrected chi connectivity index (χ1v) is 13.9. The number of nitrogens with one attached hydrogen (secondary N) is 1. The molecular formula is C31H38N6O4. The molecule has 216 valence electrons. The molecule has 0 bridgehead atoms. The average molecular weight is 559 g/mol. The second kappa shape index (κ2) is 12.4. The number of hydrogen-bond donors (Lipinski definition) is 1. The predicted octanol–water partition coefficient (Wildman–Crippen LogP) is 4.92. The van der Waals surface area contributed by atoms with Crippen molar-refractivity contribution in [3.05, 3.63) is 60.3 Å². The molecule has 0 radical (unpaired) electrons. The fourth-order valence-corrected chi connectivity index (χ4v) is 5.05. The quantitative estimate of drug-likeness (QED) is 0.437. The number of nitrogens with zero attached hydrogens (tertiary/aromatic N) is 5. The summed E-state index contributed by atoms with van der Waals surface area (Å²) in [5.41, 5.74) is 2.62. The molecule has 0 aliphatic carbocycles. The van der Waals surface area contributed by atoms with Gasteiger partial charge in [0, 0.05) is 18.0 Å². The van der Waals surface area contributed by atoms with Gasteiger partial charge in [0.05, 0.1) is 25.1 Å². The maximum atomic E-state index is 13.5. The van der Waals surface area contributed by atoms with Crippen LogP contribution >= 0.6 is 0 Å². The van der Waals surface area contributed by atoms with Crippen LogP contribution < -0.4 is 10.1 Å². The topological polar surface area (TPSA) is 122 Å². The molecule has 0 unspecified atom stereocenters. The third kappa shape index (κ3) is 7.23. The predicted molar refractivity (Wildman–Crippen MR) is 154 cm³/mol. The molecule has 1 aliphatic rings. The van der Waals surface area contributed by atoms with Crippen molar-refractivity contribution in [1.29, 1.82) is 5.26 Å². The highest BCUT2D eigenvalue weighted by Crippen LogP contribution is 2.30. The minimum absolute atomic E-state index is 0.0677. The van der Waals surface area contributed by atoms with E-state index in [1.807, 2.05) is 68.6 Å². The standard InChI is InChI=1S/C31H38N6O4/c1-20-10-11-21(2)37(30(39)41-31(3,4)5)28(20)29(38)33-24(18-32)16-22-12-14-25(15-13-22)36-19-27(34-35-36)23-8-7-9-26(17-23)40-6/h7-9,12-15,17,19-21,24,28H,10-11,16H2,1-6H3,(H,33,38)/t20-,21+,24+,28+/m1/s1. The molecular weight excluding hydrogens is 520 g/mol. The SMILES string of the molecule is COc1cccc(-c2cn(-c3ccc(C[C@@H](C#N)NC(=O)[C@@H]4[C@H](C)CC[C@H](C)N4C(=O)OC(C)(C)C)cc3)nn2)c1. The Labute approximate surface area is 241 Å². The number of carbonyl (C=O) groups is 2. The first-order valence-electron chi connectivity index (χ1n) is 13.9. The zero-order chi connectivity index (χ0) is 29.7. The third-order valence-electron chi connectivity index (χ3n) is 7.20. The van der Waals surface area contributed by atoms with Crippen LogP contribution in [0.15, 0.2) is 54.7 Å². The van der Waals surface area contributed by atoms with Crippen molar-refractivity contribution in [1.82, 2.24) is 25.2 Å². The number of amides is 2. The van der Waals surface area contributed by atoms with E-state index < -0.39 is 23.8 Å². The van der Waals surface area contributed by atoms with Crippen molar-refractivity contribution in [3.8, 4) is 28.8 Å². The minimum atomic E-state index is -0.760. The summed E-state index contributed by atoms with van der Waals surface area (Å²) < 4.78 is 12.6. The summed E-state index contributed by atoms with van der Waals surface area (Å²) in [5.74, 6) is 0.332. The molecule has 10 heteroatoms. The monoisotopic (exact) mass is 558 g/mol. The van der Waals surface area contributed by atoms with E-state index in [0.717, 1.165) is 35.4 Å². The Bertz CT molecular complexity index is 1400. The van der Waals surface area contributed by atoms with Crippen LogP contribution in [-0.2, 0) is 16.0 Å². The molecule has 2 aromatic carbocycles. The molecule has 0 saturated carbocycles. The summed E-state index contributed by atoms with van der Waals surface area (Å²) in [5, 5.41) is 21.3. The number of likely N-dealkylation sites (tertiary alicyclic amines) is 1. The molecule has 1 N–H and O–H groups in total. The molecule has 2 amide bonds. The normalized spacial score (nSPS) is 19.6. The van der Waals surface area contributed by atoms with E-state index in [1.54, 1.807) is 32.6 Å². The van der Waals surface area contributed by atoms with Gasteiger partial charge in [-0.3, -0.25) is 9.69 Å². The maximum absolute atomic E-state index is 13.5. The molecule has 4 rings (SSSR count). The molecule has 1 fully saturated rings. The lowest BCUT2D eigenvalue weighted by atomic mass is 9.86. The van der Waals surface area contributed by atoms with E-state index in [0.29, 0.717) is 12.1 Å². The van der Waals surface area contributed by atoms with Crippen LogP contribution in [0.4, 0.5) is 4.79 Å². The van der Waals surface area contributed by atoms with Crippen molar-refractivity contribution in [2.24, 2.45) is 5.92 Å². The summed E-state index contributed by atoms with van der Waals surface area (Å²) >= 11 is 0. The molecule has 0 spiro atoms. The van der Waals surface area contributed by atoms with Crippen LogP contribution in [0.25, 0.3) is 16.9 Å².